The Hall–Kier alpha value is -0.693. The summed E-state index contributed by atoms with van der Waals surface area (Å²) in [5.41, 5.74) is 0.949. The van der Waals surface area contributed by atoms with Crippen molar-refractivity contribution in [1.29, 1.82) is 0 Å². The van der Waals surface area contributed by atoms with Crippen LogP contribution in [0.5, 0.6) is 5.75 Å². The van der Waals surface area contributed by atoms with Crippen molar-refractivity contribution in [2.75, 3.05) is 26.2 Å². The molecule has 132 valence electrons. The summed E-state index contributed by atoms with van der Waals surface area (Å²) < 4.78 is 31.9. The molecule has 0 aliphatic carbocycles. The first-order valence-corrected chi connectivity index (χ1v) is 11.3. The highest BCUT2D eigenvalue weighted by molar-refractivity contribution is 6.70. The molecule has 0 saturated carbocycles. The van der Waals surface area contributed by atoms with Gasteiger partial charge >= 0.3 is 0 Å². The minimum Gasteiger partial charge on any atom is -0.544 e. The van der Waals surface area contributed by atoms with Crippen LogP contribution in [0.2, 0.25) is 19.6 Å². The summed E-state index contributed by atoms with van der Waals surface area (Å²) in [6, 6.07) is 7.47. The molecule has 1 heterocycles. The zero-order valence-electron chi connectivity index (χ0n) is 14.0. The molecule has 1 atom stereocenters. The lowest BCUT2D eigenvalue weighted by Crippen LogP contribution is -2.45. The van der Waals surface area contributed by atoms with Gasteiger partial charge in [0.15, 0.2) is 0 Å². The van der Waals surface area contributed by atoms with E-state index in [0.29, 0.717) is 0 Å². The van der Waals surface area contributed by atoms with E-state index in [1.165, 1.54) is 0 Å². The van der Waals surface area contributed by atoms with Crippen LogP contribution in [-0.4, -0.2) is 45.8 Å². The second-order valence-electron chi connectivity index (χ2n) is 6.71. The lowest BCUT2D eigenvalue weighted by atomic mass is 10.0. The number of alkyl halides is 2. The Morgan fingerprint density at radius 2 is 1.70 bits per heavy atom. The van der Waals surface area contributed by atoms with Crippen LogP contribution in [-0.2, 0) is 0 Å². The largest absolute Gasteiger partial charge is 0.544 e. The fourth-order valence-corrected chi connectivity index (χ4v) is 3.61. The van der Waals surface area contributed by atoms with Crippen LogP contribution in [0.1, 0.15) is 18.0 Å². The summed E-state index contributed by atoms with van der Waals surface area (Å²) in [6.45, 7) is 9.71. The van der Waals surface area contributed by atoms with Crippen molar-refractivity contribution in [2.24, 2.45) is 0 Å². The molecule has 0 amide bonds. The van der Waals surface area contributed by atoms with Crippen LogP contribution >= 0.6 is 12.4 Å². The van der Waals surface area contributed by atoms with E-state index in [-0.39, 0.29) is 24.9 Å². The molecule has 2 rings (SSSR count). The molecule has 1 aliphatic heterocycles. The predicted molar refractivity (Wildman–Crippen MR) is 95.5 cm³/mol. The Morgan fingerprint density at radius 3 is 2.17 bits per heavy atom. The van der Waals surface area contributed by atoms with Gasteiger partial charge in [0, 0.05) is 38.6 Å². The van der Waals surface area contributed by atoms with E-state index in [4.69, 9.17) is 4.43 Å². The lowest BCUT2D eigenvalue weighted by Gasteiger charge is -2.35. The standard InChI is InChI=1S/C16H26F2N2OSi.ClH/c1-22(2,3)21-14-6-4-13(5-7-14)15(12-16(17)18)20-10-8-19-9-11-20;/h4-7,15-16,19H,8-12H2,1-3H3;1H/t15-;/m1./s1. The number of rotatable bonds is 6. The molecule has 1 aromatic carbocycles. The summed E-state index contributed by atoms with van der Waals surface area (Å²) in [4.78, 5) is 2.15. The van der Waals surface area contributed by atoms with Crippen LogP contribution in [0, 0.1) is 0 Å². The molecule has 0 spiro atoms. The molecule has 1 aromatic rings. The van der Waals surface area contributed by atoms with Crippen LogP contribution in [0.3, 0.4) is 0 Å². The minimum atomic E-state index is -2.29. The molecule has 0 unspecified atom stereocenters. The minimum absolute atomic E-state index is 0. The van der Waals surface area contributed by atoms with Gasteiger partial charge < -0.3 is 9.74 Å². The van der Waals surface area contributed by atoms with Gasteiger partial charge in [-0.1, -0.05) is 12.1 Å². The Balaban J connectivity index is 0.00000264. The molecule has 1 saturated heterocycles. The smallest absolute Gasteiger partial charge is 0.242 e. The predicted octanol–water partition coefficient (Wildman–Crippen LogP) is 3.92. The molecule has 1 fully saturated rings. The van der Waals surface area contributed by atoms with Gasteiger partial charge in [-0.25, -0.2) is 8.78 Å². The average molecular weight is 365 g/mol. The first-order chi connectivity index (χ1) is 10.3. The van der Waals surface area contributed by atoms with E-state index in [0.717, 1.165) is 37.5 Å². The van der Waals surface area contributed by atoms with Crippen molar-refractivity contribution in [3.63, 3.8) is 0 Å². The topological polar surface area (TPSA) is 24.5 Å². The second-order valence-corrected chi connectivity index (χ2v) is 11.1. The van der Waals surface area contributed by atoms with Crippen molar-refractivity contribution in [3.8, 4) is 5.75 Å². The number of hydrogen-bond donors (Lipinski definition) is 1. The van der Waals surface area contributed by atoms with Gasteiger partial charge in [-0.2, -0.15) is 0 Å². The van der Waals surface area contributed by atoms with Crippen LogP contribution in [0.4, 0.5) is 8.78 Å². The Kier molecular flexibility index (Phi) is 7.93. The van der Waals surface area contributed by atoms with Gasteiger partial charge in [-0.05, 0) is 37.3 Å². The van der Waals surface area contributed by atoms with E-state index in [1.54, 1.807) is 0 Å². The summed E-state index contributed by atoms with van der Waals surface area (Å²) in [7, 11) is -1.64. The number of piperazine rings is 1. The van der Waals surface area contributed by atoms with Crippen molar-refractivity contribution in [3.05, 3.63) is 29.8 Å². The second kappa shape index (κ2) is 8.96. The normalized spacial score (nSPS) is 17.7. The maximum Gasteiger partial charge on any atom is 0.242 e. The van der Waals surface area contributed by atoms with Crippen LogP contribution in [0.25, 0.3) is 0 Å². The van der Waals surface area contributed by atoms with Gasteiger partial charge in [-0.3, -0.25) is 4.90 Å². The SMILES string of the molecule is C[Si](C)(C)Oc1ccc([C@@H](CC(F)F)N2CCNCC2)cc1.Cl. The molecule has 1 aliphatic rings. The van der Waals surface area contributed by atoms with Crippen LogP contribution < -0.4 is 9.74 Å². The van der Waals surface area contributed by atoms with Crippen LogP contribution in [0.15, 0.2) is 24.3 Å². The van der Waals surface area contributed by atoms with E-state index in [2.05, 4.69) is 29.9 Å². The highest BCUT2D eigenvalue weighted by Crippen LogP contribution is 2.29. The number of halogens is 3. The van der Waals surface area contributed by atoms with Crippen molar-refractivity contribution >= 4 is 20.7 Å². The third-order valence-corrected chi connectivity index (χ3v) is 4.53. The number of nitrogens with one attached hydrogen (secondary N) is 1. The molecule has 0 radical (unpaired) electrons. The Bertz CT molecular complexity index is 462. The third-order valence-electron chi connectivity index (χ3n) is 3.68. The summed E-state index contributed by atoms with van der Waals surface area (Å²) in [5, 5.41) is 3.26. The van der Waals surface area contributed by atoms with E-state index < -0.39 is 14.7 Å². The quantitative estimate of drug-likeness (QED) is 0.774. The van der Waals surface area contributed by atoms with Crippen molar-refractivity contribution < 1.29 is 13.2 Å². The van der Waals surface area contributed by atoms with E-state index >= 15 is 0 Å². The monoisotopic (exact) mass is 364 g/mol. The molecule has 3 nitrogen and oxygen atoms in total. The average Bonchev–Trinajstić information content (AvgIpc) is 2.45. The zero-order valence-corrected chi connectivity index (χ0v) is 15.8. The van der Waals surface area contributed by atoms with Gasteiger partial charge in [-0.15, -0.1) is 12.4 Å². The third kappa shape index (κ3) is 6.75. The molecular weight excluding hydrogens is 338 g/mol. The van der Waals surface area contributed by atoms with Crippen molar-refractivity contribution in [2.45, 2.75) is 38.5 Å². The fraction of sp³-hybridized carbons (Fsp3) is 0.625. The zero-order chi connectivity index (χ0) is 16.2. The van der Waals surface area contributed by atoms with Gasteiger partial charge in [0.05, 0.1) is 0 Å². The van der Waals surface area contributed by atoms with Gasteiger partial charge in [0.1, 0.15) is 5.75 Å². The highest BCUT2D eigenvalue weighted by atomic mass is 35.5. The number of benzene rings is 1. The molecule has 0 aromatic heterocycles. The molecule has 7 heteroatoms. The van der Waals surface area contributed by atoms with Gasteiger partial charge in [0.25, 0.3) is 0 Å². The van der Waals surface area contributed by atoms with E-state index in [1.807, 2.05) is 24.3 Å². The number of hydrogen-bond acceptors (Lipinski definition) is 3. The van der Waals surface area contributed by atoms with E-state index in [9.17, 15) is 8.78 Å². The summed E-state index contributed by atoms with van der Waals surface area (Å²) in [6.07, 6.45) is -2.41. The number of nitrogens with zero attached hydrogens (tertiary/aromatic N) is 1. The van der Waals surface area contributed by atoms with Crippen molar-refractivity contribution in [1.82, 2.24) is 10.2 Å². The molecule has 0 bridgehead atoms. The van der Waals surface area contributed by atoms with Gasteiger partial charge in [0.2, 0.25) is 14.7 Å². The first-order valence-electron chi connectivity index (χ1n) is 7.87. The fourth-order valence-electron chi connectivity index (χ4n) is 2.77. The maximum absolute atomic E-state index is 13.0. The molecule has 1 N–H and O–H groups in total. The molecule has 23 heavy (non-hydrogen) atoms. The summed E-state index contributed by atoms with van der Waals surface area (Å²) in [5.74, 6) is 0.832. The Morgan fingerprint density at radius 1 is 1.13 bits per heavy atom. The first kappa shape index (κ1) is 20.4. The summed E-state index contributed by atoms with van der Waals surface area (Å²) >= 11 is 0. The molecular formula is C16H27ClF2N2OSi. The Labute approximate surface area is 144 Å². The highest BCUT2D eigenvalue weighted by Gasteiger charge is 2.25. The maximum atomic E-state index is 13.0. The lowest BCUT2D eigenvalue weighted by molar-refractivity contribution is 0.0739.